The normalized spacial score (nSPS) is 42.5. The lowest BCUT2D eigenvalue weighted by molar-refractivity contribution is -0.114. The van der Waals surface area contributed by atoms with Crippen molar-refractivity contribution in [3.63, 3.8) is 0 Å². The van der Waals surface area contributed by atoms with E-state index in [1.165, 1.54) is 11.1 Å². The van der Waals surface area contributed by atoms with Gasteiger partial charge in [0.2, 0.25) is 0 Å². The summed E-state index contributed by atoms with van der Waals surface area (Å²) in [6, 6.07) is 2.22. The molecule has 0 saturated heterocycles. The maximum absolute atomic E-state index is 11.7. The molecule has 2 saturated carbocycles. The van der Waals surface area contributed by atoms with Gasteiger partial charge in [-0.3, -0.25) is 4.79 Å². The van der Waals surface area contributed by atoms with Crippen molar-refractivity contribution in [2.75, 3.05) is 0 Å². The summed E-state index contributed by atoms with van der Waals surface area (Å²) >= 11 is 0. The molecule has 4 aliphatic rings. The van der Waals surface area contributed by atoms with E-state index in [0.29, 0.717) is 18.3 Å². The Balaban J connectivity index is 1.72. The molecule has 1 N–H and O–H groups in total. The second kappa shape index (κ2) is 5.05. The third-order valence-electron chi connectivity index (χ3n) is 7.43. The number of ketones is 1. The molecule has 0 unspecified atom stereocenters. The first-order chi connectivity index (χ1) is 11.0. The highest BCUT2D eigenvalue weighted by Gasteiger charge is 2.60. The number of hydrogen-bond donors (Lipinski definition) is 1. The van der Waals surface area contributed by atoms with Crippen LogP contribution in [0.5, 0.6) is 0 Å². The zero-order valence-corrected chi connectivity index (χ0v) is 13.9. The summed E-state index contributed by atoms with van der Waals surface area (Å²) in [6.07, 6.45) is 9.67. The van der Waals surface area contributed by atoms with Gasteiger partial charge < -0.3 is 5.11 Å². The monoisotopic (exact) mass is 311 g/mol. The van der Waals surface area contributed by atoms with Crippen molar-refractivity contribution in [1.29, 1.82) is 5.26 Å². The molecular weight excluding hydrogens is 286 g/mol. The van der Waals surface area contributed by atoms with Gasteiger partial charge in [0, 0.05) is 11.8 Å². The van der Waals surface area contributed by atoms with Crippen LogP contribution in [0.15, 0.2) is 22.8 Å². The Bertz CT molecular complexity index is 668. The minimum absolute atomic E-state index is 0.122. The minimum atomic E-state index is -0.804. The molecule has 0 aromatic heterocycles. The van der Waals surface area contributed by atoms with E-state index in [2.05, 4.69) is 13.0 Å². The number of rotatable bonds is 1. The van der Waals surface area contributed by atoms with Crippen molar-refractivity contribution in [2.24, 2.45) is 17.3 Å². The highest BCUT2D eigenvalue weighted by Crippen LogP contribution is 2.64. The average Bonchev–Trinajstić information content (AvgIpc) is 2.79. The summed E-state index contributed by atoms with van der Waals surface area (Å²) < 4.78 is 0. The van der Waals surface area contributed by atoms with E-state index in [1.54, 1.807) is 5.57 Å². The summed E-state index contributed by atoms with van der Waals surface area (Å²) in [7, 11) is 0. The first-order valence-electron chi connectivity index (χ1n) is 9.03. The quantitative estimate of drug-likeness (QED) is 0.800. The van der Waals surface area contributed by atoms with E-state index in [-0.39, 0.29) is 17.6 Å². The summed E-state index contributed by atoms with van der Waals surface area (Å²) in [5.74, 6) is 1.34. The van der Waals surface area contributed by atoms with Gasteiger partial charge in [-0.05, 0) is 74.0 Å². The fraction of sp³-hybridized carbons (Fsp3) is 0.700. The second-order valence-electron chi connectivity index (χ2n) is 8.21. The van der Waals surface area contributed by atoms with Gasteiger partial charge in [0.05, 0.1) is 18.1 Å². The lowest BCUT2D eigenvalue weighted by Crippen LogP contribution is -2.49. The number of nitriles is 1. The Kier molecular flexibility index (Phi) is 3.32. The molecule has 0 spiro atoms. The van der Waals surface area contributed by atoms with Crippen LogP contribution in [0.25, 0.3) is 0 Å². The van der Waals surface area contributed by atoms with Gasteiger partial charge in [0.25, 0.3) is 0 Å². The topological polar surface area (TPSA) is 61.1 Å². The number of carbonyl (C=O) groups is 1. The largest absolute Gasteiger partial charge is 0.388 e. The predicted octanol–water partition coefficient (Wildman–Crippen LogP) is 3.84. The fourth-order valence-corrected chi connectivity index (χ4v) is 6.06. The number of carbonyl (C=O) groups excluding carboxylic acids is 1. The molecule has 0 aromatic carbocycles. The van der Waals surface area contributed by atoms with Crippen LogP contribution in [-0.4, -0.2) is 16.5 Å². The molecule has 0 aliphatic heterocycles. The molecule has 0 radical (unpaired) electrons. The summed E-state index contributed by atoms with van der Waals surface area (Å²) in [6.45, 7) is 2.22. The van der Waals surface area contributed by atoms with Gasteiger partial charge >= 0.3 is 0 Å². The molecule has 0 amide bonds. The van der Waals surface area contributed by atoms with Crippen molar-refractivity contribution in [3.8, 4) is 6.07 Å². The third kappa shape index (κ3) is 2.01. The van der Waals surface area contributed by atoms with E-state index in [1.807, 2.05) is 6.08 Å². The van der Waals surface area contributed by atoms with Gasteiger partial charge in [-0.1, -0.05) is 12.5 Å². The SMILES string of the molecule is C[C@]12CCC3=C4CCC(=O)C=C4CC[C@@H]3[C@@H]1CC[C@]2(O)CC#N. The summed E-state index contributed by atoms with van der Waals surface area (Å²) in [5.41, 5.74) is 3.42. The number of hydrogen-bond acceptors (Lipinski definition) is 3. The van der Waals surface area contributed by atoms with Crippen LogP contribution < -0.4 is 0 Å². The second-order valence-corrected chi connectivity index (χ2v) is 8.21. The molecule has 4 aliphatic carbocycles. The van der Waals surface area contributed by atoms with E-state index >= 15 is 0 Å². The maximum Gasteiger partial charge on any atom is 0.156 e. The zero-order chi connectivity index (χ0) is 16.2. The Morgan fingerprint density at radius 1 is 1.26 bits per heavy atom. The lowest BCUT2D eigenvalue weighted by atomic mass is 9.54. The highest BCUT2D eigenvalue weighted by molar-refractivity contribution is 5.93. The minimum Gasteiger partial charge on any atom is -0.388 e. The van der Waals surface area contributed by atoms with E-state index in [4.69, 9.17) is 5.26 Å². The molecule has 0 aromatic rings. The van der Waals surface area contributed by atoms with Crippen molar-refractivity contribution >= 4 is 5.78 Å². The van der Waals surface area contributed by atoms with Gasteiger partial charge in [-0.2, -0.15) is 5.26 Å². The third-order valence-corrected chi connectivity index (χ3v) is 7.43. The Hall–Kier alpha value is -1.40. The van der Waals surface area contributed by atoms with E-state index in [0.717, 1.165) is 44.9 Å². The maximum atomic E-state index is 11.7. The van der Waals surface area contributed by atoms with Crippen LogP contribution in [0, 0.1) is 28.6 Å². The average molecular weight is 311 g/mol. The Labute approximate surface area is 138 Å². The van der Waals surface area contributed by atoms with Gasteiger partial charge in [0.1, 0.15) is 0 Å². The summed E-state index contributed by atoms with van der Waals surface area (Å²) in [4.78, 5) is 11.7. The lowest BCUT2D eigenvalue weighted by Gasteiger charge is -2.51. The molecule has 2 fully saturated rings. The predicted molar refractivity (Wildman–Crippen MR) is 87.3 cm³/mol. The molecular formula is C20H25NO2. The molecule has 3 nitrogen and oxygen atoms in total. The molecule has 4 atom stereocenters. The van der Waals surface area contributed by atoms with Crippen LogP contribution in [-0.2, 0) is 4.79 Å². The zero-order valence-electron chi connectivity index (χ0n) is 13.9. The van der Waals surface area contributed by atoms with Crippen LogP contribution in [0.2, 0.25) is 0 Å². The number of fused-ring (bicyclic) bond motifs is 4. The van der Waals surface area contributed by atoms with Gasteiger partial charge in [-0.15, -0.1) is 0 Å². The fourth-order valence-electron chi connectivity index (χ4n) is 6.06. The van der Waals surface area contributed by atoms with E-state index < -0.39 is 5.60 Å². The molecule has 23 heavy (non-hydrogen) atoms. The first kappa shape index (κ1) is 15.1. The van der Waals surface area contributed by atoms with Crippen LogP contribution in [0.1, 0.15) is 64.7 Å². The summed E-state index contributed by atoms with van der Waals surface area (Å²) in [5, 5.41) is 20.3. The van der Waals surface area contributed by atoms with Crippen molar-refractivity contribution < 1.29 is 9.90 Å². The van der Waals surface area contributed by atoms with Gasteiger partial charge in [0.15, 0.2) is 5.78 Å². The first-order valence-corrected chi connectivity index (χ1v) is 9.03. The molecule has 3 heteroatoms. The smallest absolute Gasteiger partial charge is 0.156 e. The number of allylic oxidation sites excluding steroid dienone is 4. The number of nitrogens with zero attached hydrogens (tertiary/aromatic N) is 1. The van der Waals surface area contributed by atoms with E-state index in [9.17, 15) is 9.90 Å². The van der Waals surface area contributed by atoms with Crippen molar-refractivity contribution in [2.45, 2.75) is 70.3 Å². The molecule has 0 bridgehead atoms. The molecule has 4 rings (SSSR count). The Morgan fingerprint density at radius 3 is 2.87 bits per heavy atom. The van der Waals surface area contributed by atoms with Crippen LogP contribution in [0.4, 0.5) is 0 Å². The van der Waals surface area contributed by atoms with Crippen LogP contribution >= 0.6 is 0 Å². The van der Waals surface area contributed by atoms with Crippen LogP contribution in [0.3, 0.4) is 0 Å². The van der Waals surface area contributed by atoms with Gasteiger partial charge in [-0.25, -0.2) is 0 Å². The molecule has 0 heterocycles. The molecule has 122 valence electrons. The number of aliphatic hydroxyl groups is 1. The highest BCUT2D eigenvalue weighted by atomic mass is 16.3. The Morgan fingerprint density at radius 2 is 2.09 bits per heavy atom. The van der Waals surface area contributed by atoms with Crippen molar-refractivity contribution in [1.82, 2.24) is 0 Å². The standard InChI is InChI=1S/C20H25NO2/c1-19-8-6-16-15-5-3-14(22)12-13(15)2-4-17(16)18(19)7-9-20(19,23)10-11-21/h12,17-18,23H,2-10H2,1H3/t17-,18-,19-,20-/m0/s1. The van der Waals surface area contributed by atoms with Crippen molar-refractivity contribution in [3.05, 3.63) is 22.8 Å².